The molecule has 1 unspecified atom stereocenters. The fourth-order valence-corrected chi connectivity index (χ4v) is 2.10. The molecule has 2 N–H and O–H groups in total. The Morgan fingerprint density at radius 1 is 1.36 bits per heavy atom. The van der Waals surface area contributed by atoms with Gasteiger partial charge < -0.3 is 10.6 Å². The van der Waals surface area contributed by atoms with Crippen LogP contribution in [0.5, 0.6) is 0 Å². The highest BCUT2D eigenvalue weighted by Crippen LogP contribution is 2.22. The van der Waals surface area contributed by atoms with Gasteiger partial charge >= 0.3 is 0 Å². The van der Waals surface area contributed by atoms with E-state index in [4.69, 9.17) is 11.6 Å². The van der Waals surface area contributed by atoms with Gasteiger partial charge in [0.2, 0.25) is 5.91 Å². The van der Waals surface area contributed by atoms with E-state index in [1.807, 2.05) is 0 Å². The van der Waals surface area contributed by atoms with Crippen molar-refractivity contribution in [1.82, 2.24) is 10.6 Å². The van der Waals surface area contributed by atoms with Gasteiger partial charge in [-0.15, -0.1) is 0 Å². The van der Waals surface area contributed by atoms with Crippen molar-refractivity contribution in [2.75, 3.05) is 6.54 Å². The van der Waals surface area contributed by atoms with Crippen LogP contribution in [0.1, 0.15) is 31.1 Å². The number of carbonyl (C=O) groups excluding carboxylic acids is 2. The lowest BCUT2D eigenvalue weighted by atomic mass is 10.0. The van der Waals surface area contributed by atoms with Gasteiger partial charge in [0.05, 0.1) is 15.5 Å². The molecule has 1 atom stereocenters. The Bertz CT molecular complexity index is 589. The van der Waals surface area contributed by atoms with Gasteiger partial charge in [0, 0.05) is 18.7 Å². The molecule has 1 aromatic carbocycles. The summed E-state index contributed by atoms with van der Waals surface area (Å²) < 4.78 is 0. The lowest BCUT2D eigenvalue weighted by Gasteiger charge is -2.21. The maximum absolute atomic E-state index is 12.2. The van der Waals surface area contributed by atoms with Crippen LogP contribution in [-0.4, -0.2) is 29.3 Å². The van der Waals surface area contributed by atoms with Crippen molar-refractivity contribution in [1.29, 1.82) is 0 Å². The molecule has 0 aliphatic carbocycles. The number of nitro benzene ring substituents is 1. The molecule has 22 heavy (non-hydrogen) atoms. The van der Waals surface area contributed by atoms with Crippen LogP contribution < -0.4 is 10.6 Å². The quantitative estimate of drug-likeness (QED) is 0.617. The van der Waals surface area contributed by atoms with E-state index in [0.717, 1.165) is 6.07 Å². The van der Waals surface area contributed by atoms with Crippen molar-refractivity contribution in [2.45, 2.75) is 26.8 Å². The van der Waals surface area contributed by atoms with Gasteiger partial charge in [-0.05, 0) is 18.9 Å². The second kappa shape index (κ2) is 7.74. The van der Waals surface area contributed by atoms with Crippen molar-refractivity contribution >= 4 is 29.1 Å². The van der Waals surface area contributed by atoms with E-state index < -0.39 is 16.9 Å². The van der Waals surface area contributed by atoms with E-state index in [-0.39, 0.29) is 28.1 Å². The number of nitrogens with zero attached hydrogens (tertiary/aromatic N) is 1. The summed E-state index contributed by atoms with van der Waals surface area (Å²) in [5.41, 5.74) is -0.118. The van der Waals surface area contributed by atoms with Crippen LogP contribution in [0.4, 0.5) is 5.69 Å². The molecule has 0 spiro atoms. The number of amides is 2. The van der Waals surface area contributed by atoms with Crippen LogP contribution in [-0.2, 0) is 4.79 Å². The van der Waals surface area contributed by atoms with E-state index in [2.05, 4.69) is 10.6 Å². The maximum atomic E-state index is 12.2. The molecule has 0 saturated heterocycles. The second-order valence-corrected chi connectivity index (χ2v) is 5.42. The van der Waals surface area contributed by atoms with Crippen molar-refractivity contribution in [3.63, 3.8) is 0 Å². The second-order valence-electron chi connectivity index (χ2n) is 5.01. The van der Waals surface area contributed by atoms with Crippen molar-refractivity contribution in [2.24, 2.45) is 5.92 Å². The number of nitro groups is 1. The first-order chi connectivity index (χ1) is 10.3. The summed E-state index contributed by atoms with van der Waals surface area (Å²) in [7, 11) is 0. The Morgan fingerprint density at radius 3 is 2.45 bits per heavy atom. The zero-order valence-electron chi connectivity index (χ0n) is 12.6. The summed E-state index contributed by atoms with van der Waals surface area (Å²) in [5.74, 6) is -0.957. The van der Waals surface area contributed by atoms with Crippen LogP contribution >= 0.6 is 11.6 Å². The molecule has 0 heterocycles. The summed E-state index contributed by atoms with van der Waals surface area (Å²) >= 11 is 5.91. The average Bonchev–Trinajstić information content (AvgIpc) is 2.43. The molecule has 0 aromatic heterocycles. The van der Waals surface area contributed by atoms with Crippen molar-refractivity contribution in [3.05, 3.63) is 38.9 Å². The minimum atomic E-state index is -0.710. The first-order valence-electron chi connectivity index (χ1n) is 6.80. The Balaban J connectivity index is 2.95. The largest absolute Gasteiger partial charge is 0.355 e. The Hall–Kier alpha value is -2.15. The summed E-state index contributed by atoms with van der Waals surface area (Å²) in [6.07, 6.45) is 0. The number of hydrogen-bond acceptors (Lipinski definition) is 4. The van der Waals surface area contributed by atoms with Crippen molar-refractivity contribution < 1.29 is 14.5 Å². The fourth-order valence-electron chi connectivity index (χ4n) is 1.84. The highest BCUT2D eigenvalue weighted by atomic mass is 35.5. The minimum Gasteiger partial charge on any atom is -0.355 e. The number of halogens is 1. The number of hydrogen-bond donors (Lipinski definition) is 2. The number of non-ortho nitro benzene ring substituents is 1. The Labute approximate surface area is 133 Å². The Morgan fingerprint density at radius 2 is 2.00 bits per heavy atom. The van der Waals surface area contributed by atoms with E-state index in [9.17, 15) is 19.7 Å². The van der Waals surface area contributed by atoms with E-state index in [1.54, 1.807) is 20.8 Å². The van der Waals surface area contributed by atoms with Crippen LogP contribution in [0, 0.1) is 16.0 Å². The zero-order valence-corrected chi connectivity index (χ0v) is 13.3. The van der Waals surface area contributed by atoms with E-state index in [1.165, 1.54) is 12.1 Å². The summed E-state index contributed by atoms with van der Waals surface area (Å²) in [6, 6.07) is 2.86. The highest BCUT2D eigenvalue weighted by molar-refractivity contribution is 6.34. The molecule has 8 heteroatoms. The maximum Gasteiger partial charge on any atom is 0.270 e. The molecular formula is C14H18ClN3O4. The summed E-state index contributed by atoms with van der Waals surface area (Å²) in [5, 5.41) is 15.9. The molecule has 120 valence electrons. The molecule has 0 saturated carbocycles. The number of likely N-dealkylation sites (N-methyl/N-ethyl adjacent to an activating group) is 1. The lowest BCUT2D eigenvalue weighted by Crippen LogP contribution is -2.49. The SMILES string of the molecule is CCNC(=O)C(NC(=O)c1ccc([N+](=O)[O-])cc1Cl)C(C)C. The van der Waals surface area contributed by atoms with Crippen molar-refractivity contribution in [3.8, 4) is 0 Å². The van der Waals surface area contributed by atoms with Gasteiger partial charge in [-0.25, -0.2) is 0 Å². The van der Waals surface area contributed by atoms with E-state index >= 15 is 0 Å². The fraction of sp³-hybridized carbons (Fsp3) is 0.429. The molecule has 0 aliphatic rings. The average molecular weight is 328 g/mol. The third kappa shape index (κ3) is 4.42. The molecule has 1 rings (SSSR count). The highest BCUT2D eigenvalue weighted by Gasteiger charge is 2.25. The van der Waals surface area contributed by atoms with Gasteiger partial charge in [-0.1, -0.05) is 25.4 Å². The predicted octanol–water partition coefficient (Wildman–Crippen LogP) is 2.14. The normalized spacial score (nSPS) is 11.9. The molecular weight excluding hydrogens is 310 g/mol. The van der Waals surface area contributed by atoms with Gasteiger partial charge in [-0.3, -0.25) is 19.7 Å². The summed E-state index contributed by atoms with van der Waals surface area (Å²) in [4.78, 5) is 34.2. The van der Waals surface area contributed by atoms with Gasteiger partial charge in [-0.2, -0.15) is 0 Å². The van der Waals surface area contributed by atoms with Gasteiger partial charge in [0.15, 0.2) is 0 Å². The topological polar surface area (TPSA) is 101 Å². The van der Waals surface area contributed by atoms with Crippen LogP contribution in [0.15, 0.2) is 18.2 Å². The van der Waals surface area contributed by atoms with Crippen LogP contribution in [0.2, 0.25) is 5.02 Å². The predicted molar refractivity (Wildman–Crippen MR) is 82.9 cm³/mol. The third-order valence-electron chi connectivity index (χ3n) is 2.99. The van der Waals surface area contributed by atoms with Gasteiger partial charge in [0.25, 0.3) is 11.6 Å². The molecule has 0 aliphatic heterocycles. The Kier molecular flexibility index (Phi) is 6.30. The molecule has 2 amide bonds. The lowest BCUT2D eigenvalue weighted by molar-refractivity contribution is -0.384. The number of nitrogens with one attached hydrogen (secondary N) is 2. The molecule has 0 radical (unpaired) electrons. The van der Waals surface area contributed by atoms with Gasteiger partial charge in [0.1, 0.15) is 6.04 Å². The monoisotopic (exact) mass is 327 g/mol. The van der Waals surface area contributed by atoms with Crippen LogP contribution in [0.3, 0.4) is 0 Å². The van der Waals surface area contributed by atoms with Crippen LogP contribution in [0.25, 0.3) is 0 Å². The molecule has 7 nitrogen and oxygen atoms in total. The summed E-state index contributed by atoms with van der Waals surface area (Å²) in [6.45, 7) is 5.84. The number of carbonyl (C=O) groups is 2. The molecule has 1 aromatic rings. The first kappa shape index (κ1) is 17.9. The number of rotatable bonds is 6. The zero-order chi connectivity index (χ0) is 16.9. The number of benzene rings is 1. The first-order valence-corrected chi connectivity index (χ1v) is 7.18. The molecule has 0 fully saturated rings. The standard InChI is InChI=1S/C14H18ClN3O4/c1-4-16-14(20)12(8(2)3)17-13(19)10-6-5-9(18(21)22)7-11(10)15/h5-8,12H,4H2,1-3H3,(H,16,20)(H,17,19). The smallest absolute Gasteiger partial charge is 0.270 e. The minimum absolute atomic E-state index is 0.0369. The molecule has 0 bridgehead atoms. The van der Waals surface area contributed by atoms with E-state index in [0.29, 0.717) is 6.54 Å². The third-order valence-corrected chi connectivity index (χ3v) is 3.31.